The Morgan fingerprint density at radius 1 is 0.562 bits per heavy atom. The van der Waals surface area contributed by atoms with Crippen molar-refractivity contribution in [1.82, 2.24) is 10.9 Å². The standard InChI is InChI=1S/C28H40N4/c1-19(2)26(31-29-20(3)22-11-15-24(16-12-22)27(5,6)7)32-30-21(4)23-13-17-25(18-14-23)28(8,9)10/h11-18,31-32H,1-10H3/b29-20+,30-21+. The minimum Gasteiger partial charge on any atom is -0.262 e. The molecule has 0 unspecified atom stereocenters. The Morgan fingerprint density at radius 3 is 1.12 bits per heavy atom. The van der Waals surface area contributed by atoms with Gasteiger partial charge in [-0.15, -0.1) is 0 Å². The summed E-state index contributed by atoms with van der Waals surface area (Å²) in [5.41, 5.74) is 14.3. The second-order valence-electron chi connectivity index (χ2n) is 10.6. The number of hydrogen-bond acceptors (Lipinski definition) is 4. The molecule has 0 radical (unpaired) electrons. The number of hydrazone groups is 2. The molecule has 0 heterocycles. The third-order valence-corrected chi connectivity index (χ3v) is 5.51. The zero-order valence-corrected chi connectivity index (χ0v) is 21.5. The molecule has 2 N–H and O–H groups in total. The van der Waals surface area contributed by atoms with Crippen LogP contribution in [0.1, 0.15) is 91.5 Å². The quantitative estimate of drug-likeness (QED) is 0.387. The first kappa shape index (κ1) is 25.4. The molecule has 0 bridgehead atoms. The third kappa shape index (κ3) is 7.08. The summed E-state index contributed by atoms with van der Waals surface area (Å²) in [7, 11) is 0. The van der Waals surface area contributed by atoms with Gasteiger partial charge in [0, 0.05) is 0 Å². The van der Waals surface area contributed by atoms with Crippen molar-refractivity contribution in [2.45, 2.75) is 80.1 Å². The van der Waals surface area contributed by atoms with Crippen LogP contribution >= 0.6 is 0 Å². The Labute approximate surface area is 194 Å². The SMILES string of the molecule is CC(C)=C(N/N=C(\C)c1ccc(C(C)(C)C)cc1)N/N=C(\C)c1ccc(C(C)(C)C)cc1. The first-order chi connectivity index (χ1) is 14.8. The van der Waals surface area contributed by atoms with Crippen LogP contribution in [0.4, 0.5) is 0 Å². The van der Waals surface area contributed by atoms with E-state index in [-0.39, 0.29) is 10.8 Å². The maximum atomic E-state index is 4.57. The summed E-state index contributed by atoms with van der Waals surface area (Å²) in [6.07, 6.45) is 0. The predicted molar refractivity (Wildman–Crippen MR) is 139 cm³/mol. The van der Waals surface area contributed by atoms with Crippen LogP contribution in [0.25, 0.3) is 0 Å². The zero-order valence-electron chi connectivity index (χ0n) is 21.5. The summed E-state index contributed by atoms with van der Waals surface area (Å²) < 4.78 is 0. The van der Waals surface area contributed by atoms with Gasteiger partial charge in [-0.05, 0) is 66.4 Å². The number of benzene rings is 2. The summed E-state index contributed by atoms with van der Waals surface area (Å²) in [5.74, 6) is 0.779. The van der Waals surface area contributed by atoms with Gasteiger partial charge in [-0.25, -0.2) is 0 Å². The van der Waals surface area contributed by atoms with Crippen molar-refractivity contribution in [1.29, 1.82) is 0 Å². The highest BCUT2D eigenvalue weighted by atomic mass is 15.4. The number of nitrogens with zero attached hydrogens (tertiary/aromatic N) is 2. The van der Waals surface area contributed by atoms with Crippen molar-refractivity contribution in [3.63, 3.8) is 0 Å². The van der Waals surface area contributed by atoms with Crippen LogP contribution in [0, 0.1) is 0 Å². The molecule has 0 spiro atoms. The van der Waals surface area contributed by atoms with Crippen LogP contribution in [-0.2, 0) is 10.8 Å². The van der Waals surface area contributed by atoms with Gasteiger partial charge in [0.2, 0.25) is 0 Å². The lowest BCUT2D eigenvalue weighted by atomic mass is 9.86. The maximum Gasteiger partial charge on any atom is 0.138 e. The number of hydrogen-bond donors (Lipinski definition) is 2. The third-order valence-electron chi connectivity index (χ3n) is 5.51. The number of nitrogens with one attached hydrogen (secondary N) is 2. The minimum absolute atomic E-state index is 0.143. The van der Waals surface area contributed by atoms with Gasteiger partial charge in [0.05, 0.1) is 11.4 Å². The molecule has 0 aliphatic rings. The topological polar surface area (TPSA) is 48.8 Å². The first-order valence-corrected chi connectivity index (χ1v) is 11.3. The second kappa shape index (κ2) is 10.2. The molecule has 32 heavy (non-hydrogen) atoms. The summed E-state index contributed by atoms with van der Waals surface area (Å²) in [4.78, 5) is 0. The van der Waals surface area contributed by atoms with Crippen LogP contribution < -0.4 is 10.9 Å². The van der Waals surface area contributed by atoms with E-state index in [1.807, 2.05) is 27.7 Å². The van der Waals surface area contributed by atoms with Crippen LogP contribution in [0.3, 0.4) is 0 Å². The molecule has 0 saturated heterocycles. The summed E-state index contributed by atoms with van der Waals surface area (Å²) in [6.45, 7) is 21.4. The van der Waals surface area contributed by atoms with Gasteiger partial charge in [0.25, 0.3) is 0 Å². The average Bonchev–Trinajstić information content (AvgIpc) is 2.72. The molecular weight excluding hydrogens is 392 g/mol. The van der Waals surface area contributed by atoms with E-state index in [1.165, 1.54) is 11.1 Å². The van der Waals surface area contributed by atoms with Crippen LogP contribution in [-0.4, -0.2) is 11.4 Å². The smallest absolute Gasteiger partial charge is 0.138 e. The summed E-state index contributed by atoms with van der Waals surface area (Å²) >= 11 is 0. The first-order valence-electron chi connectivity index (χ1n) is 11.3. The van der Waals surface area contributed by atoms with E-state index >= 15 is 0 Å². The number of allylic oxidation sites excluding steroid dienone is 1. The van der Waals surface area contributed by atoms with E-state index in [0.29, 0.717) is 0 Å². The summed E-state index contributed by atoms with van der Waals surface area (Å²) in [5, 5.41) is 9.15. The molecule has 2 rings (SSSR count). The van der Waals surface area contributed by atoms with E-state index in [1.54, 1.807) is 0 Å². The minimum atomic E-state index is 0.143. The lowest BCUT2D eigenvalue weighted by Gasteiger charge is -2.19. The molecule has 0 saturated carbocycles. The van der Waals surface area contributed by atoms with Crippen molar-refractivity contribution in [3.05, 3.63) is 82.2 Å². The Balaban J connectivity index is 2.10. The monoisotopic (exact) mass is 432 g/mol. The fourth-order valence-corrected chi connectivity index (χ4v) is 3.08. The normalized spacial score (nSPS) is 13.1. The molecular formula is C28H40N4. The molecule has 4 heteroatoms. The molecule has 2 aromatic rings. The van der Waals surface area contributed by atoms with E-state index in [9.17, 15) is 0 Å². The summed E-state index contributed by atoms with van der Waals surface area (Å²) in [6, 6.07) is 17.2. The van der Waals surface area contributed by atoms with E-state index in [0.717, 1.165) is 33.9 Å². The van der Waals surface area contributed by atoms with Gasteiger partial charge >= 0.3 is 0 Å². The predicted octanol–water partition coefficient (Wildman–Crippen LogP) is 6.86. The molecule has 172 valence electrons. The van der Waals surface area contributed by atoms with Crippen molar-refractivity contribution < 1.29 is 0 Å². The molecule has 0 amide bonds. The second-order valence-corrected chi connectivity index (χ2v) is 10.6. The highest BCUT2D eigenvalue weighted by Gasteiger charge is 2.14. The highest BCUT2D eigenvalue weighted by Crippen LogP contribution is 2.23. The Morgan fingerprint density at radius 2 is 0.875 bits per heavy atom. The molecule has 0 fully saturated rings. The van der Waals surface area contributed by atoms with Gasteiger partial charge in [0.15, 0.2) is 0 Å². The largest absolute Gasteiger partial charge is 0.262 e. The van der Waals surface area contributed by atoms with E-state index < -0.39 is 0 Å². The van der Waals surface area contributed by atoms with Crippen molar-refractivity contribution >= 4 is 11.4 Å². The van der Waals surface area contributed by atoms with Gasteiger partial charge in [-0.1, -0.05) is 90.1 Å². The molecule has 2 aromatic carbocycles. The fraction of sp³-hybridized carbons (Fsp3) is 0.429. The molecule has 4 nitrogen and oxygen atoms in total. The van der Waals surface area contributed by atoms with Crippen molar-refractivity contribution in [2.24, 2.45) is 10.2 Å². The van der Waals surface area contributed by atoms with Gasteiger partial charge < -0.3 is 0 Å². The molecule has 0 aliphatic heterocycles. The lowest BCUT2D eigenvalue weighted by molar-refractivity contribution is 0.590. The van der Waals surface area contributed by atoms with Crippen molar-refractivity contribution in [3.8, 4) is 0 Å². The Bertz CT molecular complexity index is 912. The van der Waals surface area contributed by atoms with Crippen LogP contribution in [0.15, 0.2) is 70.1 Å². The zero-order chi connectivity index (χ0) is 24.1. The van der Waals surface area contributed by atoms with Gasteiger partial charge in [0.1, 0.15) is 5.82 Å². The fourth-order valence-electron chi connectivity index (χ4n) is 3.08. The van der Waals surface area contributed by atoms with E-state index in [2.05, 4.69) is 111 Å². The highest BCUT2D eigenvalue weighted by molar-refractivity contribution is 5.99. The van der Waals surface area contributed by atoms with Gasteiger partial charge in [-0.3, -0.25) is 10.9 Å². The maximum absolute atomic E-state index is 4.57. The molecule has 0 aromatic heterocycles. The van der Waals surface area contributed by atoms with E-state index in [4.69, 9.17) is 0 Å². The van der Waals surface area contributed by atoms with Crippen LogP contribution in [0.2, 0.25) is 0 Å². The van der Waals surface area contributed by atoms with Crippen molar-refractivity contribution in [2.75, 3.05) is 0 Å². The van der Waals surface area contributed by atoms with Gasteiger partial charge in [-0.2, -0.15) is 10.2 Å². The molecule has 0 atom stereocenters. The average molecular weight is 433 g/mol. The molecule has 0 aliphatic carbocycles. The Hall–Kier alpha value is -2.88. The lowest BCUT2D eigenvalue weighted by Crippen LogP contribution is -2.22. The van der Waals surface area contributed by atoms with Crippen LogP contribution in [0.5, 0.6) is 0 Å². The Kier molecular flexibility index (Phi) is 8.06. The number of rotatable bonds is 6.